The van der Waals surface area contributed by atoms with Crippen LogP contribution in [-0.2, 0) is 17.1 Å². The van der Waals surface area contributed by atoms with Gasteiger partial charge in [-0.1, -0.05) is 0 Å². The minimum Gasteiger partial charge on any atom is -0.395 e. The molecule has 1 atom stereocenters. The molecule has 0 radical (unpaired) electrons. The van der Waals surface area contributed by atoms with Crippen LogP contribution in [0.15, 0.2) is 22.9 Å². The van der Waals surface area contributed by atoms with Crippen molar-refractivity contribution >= 4 is 21.8 Å². The van der Waals surface area contributed by atoms with Gasteiger partial charge in [-0.05, 0) is 6.07 Å². The maximum atomic E-state index is 12.6. The Hall–Kier alpha value is -2.80. The number of aryl methyl sites for hydroxylation is 1. The summed E-state index contributed by atoms with van der Waals surface area (Å²) < 4.78 is 32.3. The van der Waals surface area contributed by atoms with E-state index in [0.29, 0.717) is 18.9 Å². The van der Waals surface area contributed by atoms with Gasteiger partial charge in [0.1, 0.15) is 17.1 Å². The van der Waals surface area contributed by atoms with Crippen molar-refractivity contribution in [2.45, 2.75) is 5.92 Å². The molecule has 0 aromatic carbocycles. The average molecular weight is 410 g/mol. The zero-order chi connectivity index (χ0) is 20.3. The van der Waals surface area contributed by atoms with Gasteiger partial charge in [-0.3, -0.25) is 14.9 Å². The number of furan rings is 1. The standard InChI is InChI=1S/C15H18N6O6S/c1-18-9-16-17-13(18)10-5-20(28(2,25)26)8-15(10)6-19(7-15)14(22)11-3-4-12(27-11)21(23)24/h3-4,9-10H,5-8H2,1-2H3. The third-order valence-corrected chi connectivity index (χ3v) is 6.64. The quantitative estimate of drug-likeness (QED) is 0.498. The molecule has 0 saturated carbocycles. The molecule has 2 fully saturated rings. The lowest BCUT2D eigenvalue weighted by atomic mass is 9.71. The van der Waals surface area contributed by atoms with Crippen molar-refractivity contribution in [3.63, 3.8) is 0 Å². The van der Waals surface area contributed by atoms with E-state index in [2.05, 4.69) is 10.2 Å². The zero-order valence-electron chi connectivity index (χ0n) is 15.2. The van der Waals surface area contributed by atoms with E-state index < -0.39 is 32.2 Å². The number of nitrogens with zero attached hydrogens (tertiary/aromatic N) is 6. The molecule has 1 unspecified atom stereocenters. The van der Waals surface area contributed by atoms with E-state index in [1.54, 1.807) is 17.9 Å². The summed E-state index contributed by atoms with van der Waals surface area (Å²) in [7, 11) is -1.62. The van der Waals surface area contributed by atoms with Gasteiger partial charge in [-0.15, -0.1) is 10.2 Å². The molecule has 1 spiro atoms. The summed E-state index contributed by atoms with van der Waals surface area (Å²) in [5, 5.41) is 18.8. The number of carbonyl (C=O) groups is 1. The van der Waals surface area contributed by atoms with Crippen LogP contribution in [-0.4, -0.2) is 75.7 Å². The smallest absolute Gasteiger partial charge is 0.395 e. The van der Waals surface area contributed by atoms with Crippen LogP contribution in [0.4, 0.5) is 5.88 Å². The monoisotopic (exact) mass is 410 g/mol. The van der Waals surface area contributed by atoms with Crippen LogP contribution >= 0.6 is 0 Å². The first kappa shape index (κ1) is 18.6. The highest BCUT2D eigenvalue weighted by molar-refractivity contribution is 7.88. The van der Waals surface area contributed by atoms with Crippen LogP contribution in [0.2, 0.25) is 0 Å². The average Bonchev–Trinajstić information content (AvgIpc) is 3.29. The summed E-state index contributed by atoms with van der Waals surface area (Å²) in [6.45, 7) is 1.12. The molecule has 0 bridgehead atoms. The molecule has 0 aliphatic carbocycles. The predicted octanol–water partition coefficient (Wildman–Crippen LogP) is -0.182. The molecule has 13 heteroatoms. The van der Waals surface area contributed by atoms with Gasteiger partial charge in [0.15, 0.2) is 5.76 Å². The molecule has 1 amide bonds. The third-order valence-electron chi connectivity index (χ3n) is 5.43. The summed E-state index contributed by atoms with van der Waals surface area (Å²) in [5.41, 5.74) is -0.488. The Morgan fingerprint density at radius 3 is 2.61 bits per heavy atom. The van der Waals surface area contributed by atoms with Crippen molar-refractivity contribution in [2.75, 3.05) is 32.4 Å². The van der Waals surface area contributed by atoms with E-state index in [-0.39, 0.29) is 24.8 Å². The Kier molecular flexibility index (Phi) is 4.04. The number of carbonyl (C=O) groups excluding carboxylic acids is 1. The Bertz CT molecular complexity index is 1050. The largest absolute Gasteiger partial charge is 0.433 e. The first-order valence-electron chi connectivity index (χ1n) is 8.43. The van der Waals surface area contributed by atoms with Crippen LogP contribution in [0.25, 0.3) is 0 Å². The Morgan fingerprint density at radius 1 is 1.36 bits per heavy atom. The minimum atomic E-state index is -3.40. The zero-order valence-corrected chi connectivity index (χ0v) is 16.0. The van der Waals surface area contributed by atoms with E-state index in [1.807, 2.05) is 0 Å². The summed E-state index contributed by atoms with van der Waals surface area (Å²) in [6, 6.07) is 2.40. The molecule has 4 heterocycles. The molecule has 2 aromatic rings. The first-order valence-corrected chi connectivity index (χ1v) is 10.3. The fourth-order valence-corrected chi connectivity index (χ4v) is 4.92. The Balaban J connectivity index is 1.57. The highest BCUT2D eigenvalue weighted by Gasteiger charge is 2.59. The number of rotatable bonds is 4. The molecule has 0 N–H and O–H groups in total. The summed E-state index contributed by atoms with van der Waals surface area (Å²) in [5.74, 6) is -0.640. The van der Waals surface area contributed by atoms with Gasteiger partial charge in [0.05, 0.1) is 12.3 Å². The van der Waals surface area contributed by atoms with E-state index >= 15 is 0 Å². The maximum absolute atomic E-state index is 12.6. The molecule has 12 nitrogen and oxygen atoms in total. The van der Waals surface area contributed by atoms with Crippen molar-refractivity contribution in [3.05, 3.63) is 40.2 Å². The van der Waals surface area contributed by atoms with E-state index in [0.717, 1.165) is 12.3 Å². The second-order valence-electron chi connectivity index (χ2n) is 7.33. The number of hydrogen-bond donors (Lipinski definition) is 0. The molecule has 28 heavy (non-hydrogen) atoms. The van der Waals surface area contributed by atoms with E-state index in [1.165, 1.54) is 15.3 Å². The lowest BCUT2D eigenvalue weighted by molar-refractivity contribution is -0.402. The van der Waals surface area contributed by atoms with Crippen LogP contribution in [0.5, 0.6) is 0 Å². The number of sulfonamides is 1. The lowest BCUT2D eigenvalue weighted by Crippen LogP contribution is -2.61. The normalized spacial score (nSPS) is 21.8. The fourth-order valence-electron chi connectivity index (χ4n) is 4.01. The van der Waals surface area contributed by atoms with Crippen molar-refractivity contribution in [2.24, 2.45) is 12.5 Å². The van der Waals surface area contributed by atoms with E-state index in [9.17, 15) is 23.3 Å². The second kappa shape index (κ2) is 6.10. The second-order valence-corrected chi connectivity index (χ2v) is 9.31. The SMILES string of the molecule is Cn1cnnc1C1CN(S(C)(=O)=O)CC12CN(C(=O)c1ccc([N+](=O)[O-])o1)C2. The van der Waals surface area contributed by atoms with Crippen LogP contribution < -0.4 is 0 Å². The molecular weight excluding hydrogens is 392 g/mol. The highest BCUT2D eigenvalue weighted by Crippen LogP contribution is 2.49. The van der Waals surface area contributed by atoms with Crippen LogP contribution in [0.3, 0.4) is 0 Å². The molecule has 2 saturated heterocycles. The van der Waals surface area contributed by atoms with E-state index in [4.69, 9.17) is 4.42 Å². The molecule has 150 valence electrons. The number of nitro groups is 1. The Labute approximate surface area is 159 Å². The van der Waals surface area contributed by atoms with Gasteiger partial charge in [0, 0.05) is 44.6 Å². The third kappa shape index (κ3) is 2.86. The number of aromatic nitrogens is 3. The van der Waals surface area contributed by atoms with Gasteiger partial charge in [0.2, 0.25) is 10.0 Å². The first-order chi connectivity index (χ1) is 13.1. The molecular formula is C15H18N6O6S. The van der Waals surface area contributed by atoms with Crippen molar-refractivity contribution in [1.82, 2.24) is 24.0 Å². The van der Waals surface area contributed by atoms with Gasteiger partial charge in [0.25, 0.3) is 5.91 Å². The number of likely N-dealkylation sites (tertiary alicyclic amines) is 1. The highest BCUT2D eigenvalue weighted by atomic mass is 32.2. The van der Waals surface area contributed by atoms with Gasteiger partial charge < -0.3 is 13.9 Å². The lowest BCUT2D eigenvalue weighted by Gasteiger charge is -2.50. The van der Waals surface area contributed by atoms with Crippen molar-refractivity contribution in [1.29, 1.82) is 0 Å². The summed E-state index contributed by atoms with van der Waals surface area (Å²) >= 11 is 0. The van der Waals surface area contributed by atoms with Crippen molar-refractivity contribution in [3.8, 4) is 0 Å². The van der Waals surface area contributed by atoms with Crippen LogP contribution in [0, 0.1) is 15.5 Å². The molecule has 2 aliphatic rings. The summed E-state index contributed by atoms with van der Waals surface area (Å²) in [6.07, 6.45) is 2.71. The van der Waals surface area contributed by atoms with Crippen molar-refractivity contribution < 1.29 is 22.6 Å². The summed E-state index contributed by atoms with van der Waals surface area (Å²) in [4.78, 5) is 24.1. The molecule has 2 aromatic heterocycles. The topological polar surface area (TPSA) is 145 Å². The Morgan fingerprint density at radius 2 is 2.07 bits per heavy atom. The van der Waals surface area contributed by atoms with Gasteiger partial charge >= 0.3 is 5.88 Å². The minimum absolute atomic E-state index is 0.116. The number of amides is 1. The van der Waals surface area contributed by atoms with Crippen LogP contribution in [0.1, 0.15) is 22.3 Å². The molecule has 2 aliphatic heterocycles. The molecule has 4 rings (SSSR count). The predicted molar refractivity (Wildman–Crippen MR) is 93.9 cm³/mol. The fraction of sp³-hybridized carbons (Fsp3) is 0.533. The van der Waals surface area contributed by atoms with Gasteiger partial charge in [-0.25, -0.2) is 12.7 Å². The maximum Gasteiger partial charge on any atom is 0.433 e. The number of hydrogen-bond acceptors (Lipinski definition) is 8. The van der Waals surface area contributed by atoms with Gasteiger partial charge in [-0.2, -0.15) is 0 Å².